The maximum atomic E-state index is 6.27. The standard InChI is InChI=1S/C22H12ClNS/c23-20-12-11-18-17-7-3-4-8-19(17)25-22(18)21(24-20)16-10-9-14-5-1-2-6-15(14)13-16/h1-11,13H. The van der Waals surface area contributed by atoms with Crippen LogP contribution in [-0.4, -0.2) is 5.71 Å². The van der Waals surface area contributed by atoms with E-state index < -0.39 is 0 Å². The van der Waals surface area contributed by atoms with Gasteiger partial charge in [-0.3, -0.25) is 0 Å². The molecule has 0 atom stereocenters. The van der Waals surface area contributed by atoms with Gasteiger partial charge in [0.25, 0.3) is 0 Å². The number of hydrogen-bond acceptors (Lipinski definition) is 2. The van der Waals surface area contributed by atoms with Crippen molar-refractivity contribution in [2.24, 2.45) is 4.99 Å². The highest BCUT2D eigenvalue weighted by Crippen LogP contribution is 2.36. The summed E-state index contributed by atoms with van der Waals surface area (Å²) in [7, 11) is 0. The van der Waals surface area contributed by atoms with Gasteiger partial charge in [-0.1, -0.05) is 71.9 Å². The van der Waals surface area contributed by atoms with Gasteiger partial charge >= 0.3 is 0 Å². The van der Waals surface area contributed by atoms with Crippen molar-refractivity contribution in [1.29, 1.82) is 0 Å². The van der Waals surface area contributed by atoms with Gasteiger partial charge in [-0.25, -0.2) is 4.99 Å². The summed E-state index contributed by atoms with van der Waals surface area (Å²) in [6, 6.07) is 23.2. The Bertz CT molecular complexity index is 1240. The molecule has 0 N–H and O–H groups in total. The molecule has 0 bridgehead atoms. The normalized spacial score (nSPS) is 13.5. The molecule has 25 heavy (non-hydrogen) atoms. The van der Waals surface area contributed by atoms with Crippen LogP contribution in [0, 0.1) is 0 Å². The lowest BCUT2D eigenvalue weighted by atomic mass is 10.0. The highest BCUT2D eigenvalue weighted by Gasteiger charge is 2.19. The van der Waals surface area contributed by atoms with Gasteiger partial charge in [0, 0.05) is 21.2 Å². The topological polar surface area (TPSA) is 12.4 Å². The first-order valence-electron chi connectivity index (χ1n) is 8.01. The van der Waals surface area contributed by atoms with Crippen molar-refractivity contribution in [1.82, 2.24) is 0 Å². The van der Waals surface area contributed by atoms with E-state index in [9.17, 15) is 0 Å². The van der Waals surface area contributed by atoms with Crippen molar-refractivity contribution in [2.45, 2.75) is 0 Å². The van der Waals surface area contributed by atoms with Crippen LogP contribution in [-0.2, 0) is 0 Å². The van der Waals surface area contributed by atoms with Crippen molar-refractivity contribution in [3.05, 3.63) is 93.6 Å². The second-order valence-corrected chi connectivity index (χ2v) is 7.35. The highest BCUT2D eigenvalue weighted by atomic mass is 35.5. The summed E-state index contributed by atoms with van der Waals surface area (Å²) in [6.07, 6.45) is 1.95. The third kappa shape index (κ3) is 2.43. The predicted octanol–water partition coefficient (Wildman–Crippen LogP) is 6.60. The Kier molecular flexibility index (Phi) is 3.36. The molecule has 3 aromatic carbocycles. The number of hydrogen-bond donors (Lipinski definition) is 0. The molecule has 1 aliphatic heterocycles. The summed E-state index contributed by atoms with van der Waals surface area (Å²) >= 11 is 8.02. The van der Waals surface area contributed by atoms with E-state index in [4.69, 9.17) is 11.6 Å². The third-order valence-corrected chi connectivity index (χ3v) is 5.80. The summed E-state index contributed by atoms with van der Waals surface area (Å²) < 4.78 is 1.25. The average molecular weight is 358 g/mol. The Balaban J connectivity index is 1.80. The lowest BCUT2D eigenvalue weighted by Crippen LogP contribution is -2.02. The molecular formula is C22H12ClNS. The van der Waals surface area contributed by atoms with Gasteiger partial charge in [0.1, 0.15) is 0 Å². The second kappa shape index (κ2) is 5.72. The molecule has 118 valence electrons. The molecule has 0 radical (unpaired) electrons. The van der Waals surface area contributed by atoms with Gasteiger partial charge in [0.15, 0.2) is 5.16 Å². The molecule has 0 aliphatic carbocycles. The van der Waals surface area contributed by atoms with Crippen molar-refractivity contribution in [2.75, 3.05) is 0 Å². The van der Waals surface area contributed by atoms with E-state index in [-0.39, 0.29) is 0 Å². The molecule has 0 unspecified atom stereocenters. The predicted molar refractivity (Wildman–Crippen MR) is 109 cm³/mol. The molecule has 0 fully saturated rings. The maximum absolute atomic E-state index is 6.27. The summed E-state index contributed by atoms with van der Waals surface area (Å²) in [5.41, 5.74) is 6.22. The quantitative estimate of drug-likeness (QED) is 0.269. The lowest BCUT2D eigenvalue weighted by molar-refractivity contribution is 1.51. The van der Waals surface area contributed by atoms with Crippen LogP contribution in [0.4, 0.5) is 0 Å². The minimum absolute atomic E-state index is 0.385. The van der Waals surface area contributed by atoms with Crippen LogP contribution in [0.1, 0.15) is 16.0 Å². The first-order chi connectivity index (χ1) is 12.3. The first-order valence-corrected chi connectivity index (χ1v) is 9.21. The molecule has 3 heteroatoms. The fourth-order valence-corrected chi connectivity index (χ4v) is 4.56. The molecule has 2 heterocycles. The third-order valence-electron chi connectivity index (χ3n) is 4.42. The van der Waals surface area contributed by atoms with Gasteiger partial charge in [-0.2, -0.15) is 0 Å². The zero-order valence-electron chi connectivity index (χ0n) is 13.2. The van der Waals surface area contributed by atoms with E-state index in [1.807, 2.05) is 6.08 Å². The molecule has 0 saturated heterocycles. The smallest absolute Gasteiger partial charge is 0.172 e. The van der Waals surface area contributed by atoms with Gasteiger partial charge in [-0.15, -0.1) is 11.3 Å². The summed E-state index contributed by atoms with van der Waals surface area (Å²) in [4.78, 5) is 5.79. The van der Waals surface area contributed by atoms with Crippen LogP contribution in [0.3, 0.4) is 0 Å². The summed E-state index contributed by atoms with van der Waals surface area (Å²) in [5, 5.41) is 4.02. The lowest BCUT2D eigenvalue weighted by Gasteiger charge is -2.07. The molecule has 1 nitrogen and oxygen atoms in total. The van der Waals surface area contributed by atoms with Crippen LogP contribution in [0.5, 0.6) is 0 Å². The van der Waals surface area contributed by atoms with Gasteiger partial charge in [0.2, 0.25) is 0 Å². The minimum Gasteiger partial charge on any atom is -0.226 e. The number of benzene rings is 3. The van der Waals surface area contributed by atoms with Crippen molar-refractivity contribution in [3.8, 4) is 0 Å². The van der Waals surface area contributed by atoms with Crippen LogP contribution >= 0.6 is 22.9 Å². The maximum Gasteiger partial charge on any atom is 0.172 e. The molecule has 1 aliphatic rings. The zero-order chi connectivity index (χ0) is 16.8. The molecule has 0 amide bonds. The Hall–Kier alpha value is -2.64. The van der Waals surface area contributed by atoms with Crippen LogP contribution in [0.15, 0.2) is 82.6 Å². The van der Waals surface area contributed by atoms with E-state index in [2.05, 4.69) is 77.5 Å². The number of fused-ring (bicyclic) bond motifs is 4. The number of aliphatic imine (C=N–C) groups is 1. The first kappa shape index (κ1) is 14.7. The van der Waals surface area contributed by atoms with Crippen LogP contribution in [0.25, 0.3) is 26.9 Å². The number of nitrogens with zero attached hydrogens (tertiary/aromatic N) is 1. The molecule has 0 saturated carbocycles. The van der Waals surface area contributed by atoms with Crippen molar-refractivity contribution < 1.29 is 0 Å². The molecule has 4 aromatic rings. The Morgan fingerprint density at radius 2 is 1.68 bits per heavy atom. The molecule has 0 spiro atoms. The molecular weight excluding hydrogens is 346 g/mol. The van der Waals surface area contributed by atoms with E-state index >= 15 is 0 Å². The SMILES string of the molecule is ClC1=C=Cc2c(sc3ccccc23)C(c2ccc3ccccc3c2)=N1. The van der Waals surface area contributed by atoms with E-state index in [0.717, 1.165) is 21.7 Å². The second-order valence-electron chi connectivity index (χ2n) is 5.94. The van der Waals surface area contributed by atoms with Crippen LogP contribution < -0.4 is 0 Å². The Morgan fingerprint density at radius 3 is 2.60 bits per heavy atom. The van der Waals surface area contributed by atoms with Crippen LogP contribution in [0.2, 0.25) is 0 Å². The van der Waals surface area contributed by atoms with Gasteiger partial charge < -0.3 is 0 Å². The largest absolute Gasteiger partial charge is 0.226 e. The summed E-state index contributed by atoms with van der Waals surface area (Å²) in [5.74, 6) is 0. The number of rotatable bonds is 1. The fourth-order valence-electron chi connectivity index (χ4n) is 3.23. The highest BCUT2D eigenvalue weighted by molar-refractivity contribution is 7.21. The number of halogens is 1. The zero-order valence-corrected chi connectivity index (χ0v) is 14.7. The minimum atomic E-state index is 0.385. The molecule has 1 aromatic heterocycles. The van der Waals surface area contributed by atoms with Gasteiger partial charge in [0.05, 0.1) is 10.6 Å². The van der Waals surface area contributed by atoms with Gasteiger partial charge in [-0.05, 0) is 29.0 Å². The Labute approximate surface area is 154 Å². The van der Waals surface area contributed by atoms with Crippen molar-refractivity contribution in [3.63, 3.8) is 0 Å². The fraction of sp³-hybridized carbons (Fsp3) is 0. The Morgan fingerprint density at radius 1 is 0.880 bits per heavy atom. The average Bonchev–Trinajstić information content (AvgIpc) is 2.94. The van der Waals surface area contributed by atoms with E-state index in [1.165, 1.54) is 20.9 Å². The monoisotopic (exact) mass is 357 g/mol. The van der Waals surface area contributed by atoms with E-state index in [1.54, 1.807) is 11.3 Å². The summed E-state index contributed by atoms with van der Waals surface area (Å²) in [6.45, 7) is 0. The van der Waals surface area contributed by atoms with E-state index in [0.29, 0.717) is 5.16 Å². The van der Waals surface area contributed by atoms with Crippen molar-refractivity contribution >= 4 is 55.6 Å². The molecule has 5 rings (SSSR count). The number of thiophene rings is 1.